The van der Waals surface area contributed by atoms with Crippen LogP contribution in [0.1, 0.15) is 42.4 Å². The van der Waals surface area contributed by atoms with Gasteiger partial charge in [-0.25, -0.2) is 8.78 Å². The molecule has 0 aliphatic rings. The maximum absolute atomic E-state index is 13.6. The summed E-state index contributed by atoms with van der Waals surface area (Å²) in [5.41, 5.74) is 3.42. The number of carboxylic acids is 2. The molecule has 4 aromatic rings. The van der Waals surface area contributed by atoms with Crippen LogP contribution in [0.2, 0.25) is 0 Å². The van der Waals surface area contributed by atoms with Gasteiger partial charge in [-0.2, -0.15) is 4.39 Å². The molecule has 0 fully saturated rings. The molecule has 42 heavy (non-hydrogen) atoms. The third kappa shape index (κ3) is 7.93. The molecule has 2 N–H and O–H groups in total. The van der Waals surface area contributed by atoms with Crippen molar-refractivity contribution in [1.29, 1.82) is 0 Å². The van der Waals surface area contributed by atoms with E-state index in [1.165, 1.54) is 0 Å². The van der Waals surface area contributed by atoms with Gasteiger partial charge in [-0.1, -0.05) is 42.5 Å². The average molecular weight is 582 g/mol. The molecule has 0 atom stereocenters. The molecule has 1 heterocycles. The Labute approximate surface area is 240 Å². The zero-order valence-corrected chi connectivity index (χ0v) is 22.7. The van der Waals surface area contributed by atoms with E-state index < -0.39 is 29.4 Å². The minimum absolute atomic E-state index is 0.0420. The third-order valence-corrected chi connectivity index (χ3v) is 6.55. The number of carbonyl (C=O) groups is 2. The molecular formula is C32H30F3NO6. The van der Waals surface area contributed by atoms with Gasteiger partial charge in [0.25, 0.3) is 0 Å². The molecule has 7 nitrogen and oxygen atoms in total. The van der Waals surface area contributed by atoms with Crippen LogP contribution in [0.5, 0.6) is 11.5 Å². The summed E-state index contributed by atoms with van der Waals surface area (Å²) in [5, 5.41) is 19.3. The van der Waals surface area contributed by atoms with Gasteiger partial charge in [-0.3, -0.25) is 9.59 Å². The van der Waals surface area contributed by atoms with Crippen LogP contribution in [0, 0.1) is 17.5 Å². The second-order valence-corrected chi connectivity index (χ2v) is 9.65. The van der Waals surface area contributed by atoms with Gasteiger partial charge in [-0.05, 0) is 66.6 Å². The fourth-order valence-electron chi connectivity index (χ4n) is 4.55. The molecule has 0 radical (unpaired) electrons. The van der Waals surface area contributed by atoms with E-state index in [4.69, 9.17) is 14.6 Å². The highest BCUT2D eigenvalue weighted by Gasteiger charge is 2.15. The van der Waals surface area contributed by atoms with Gasteiger partial charge in [0.2, 0.25) is 5.82 Å². The summed E-state index contributed by atoms with van der Waals surface area (Å²) in [6.45, 7) is 0.303. The smallest absolute Gasteiger partial charge is 0.323 e. The lowest BCUT2D eigenvalue weighted by Gasteiger charge is -2.09. The number of carboxylic acid groups (broad SMARTS) is 2. The predicted molar refractivity (Wildman–Crippen MR) is 152 cm³/mol. The Hall–Kier alpha value is -4.73. The number of rotatable bonds is 15. The lowest BCUT2D eigenvalue weighted by molar-refractivity contribution is -0.138. The van der Waals surface area contributed by atoms with E-state index in [0.29, 0.717) is 38.0 Å². The summed E-state index contributed by atoms with van der Waals surface area (Å²) < 4.78 is 52.5. The molecule has 0 aliphatic carbocycles. The van der Waals surface area contributed by atoms with Crippen LogP contribution in [0.3, 0.4) is 0 Å². The molecule has 0 bridgehead atoms. The van der Waals surface area contributed by atoms with Gasteiger partial charge in [0.05, 0.1) is 18.7 Å². The number of unbranched alkanes of at least 4 members (excludes halogenated alkanes) is 1. The normalized spacial score (nSPS) is 11.3. The average Bonchev–Trinajstić information content (AvgIpc) is 3.31. The molecule has 0 saturated carbocycles. The lowest BCUT2D eigenvalue weighted by atomic mass is 10.0. The van der Waals surface area contributed by atoms with E-state index in [1.54, 1.807) is 10.8 Å². The number of fused-ring (bicyclic) bond motifs is 1. The molecule has 4 rings (SSSR count). The van der Waals surface area contributed by atoms with Crippen molar-refractivity contribution in [3.63, 3.8) is 0 Å². The summed E-state index contributed by atoms with van der Waals surface area (Å²) in [6.07, 6.45) is 7.77. The first-order valence-corrected chi connectivity index (χ1v) is 13.4. The number of nitrogens with zero attached hydrogens (tertiary/aromatic N) is 1. The number of aliphatic carboxylic acids is 2. The number of aryl methyl sites for hydroxylation is 1. The number of para-hydroxylation sites is 1. The number of halogens is 3. The maximum Gasteiger partial charge on any atom is 0.323 e. The van der Waals surface area contributed by atoms with Gasteiger partial charge >= 0.3 is 11.9 Å². The van der Waals surface area contributed by atoms with E-state index >= 15 is 0 Å². The number of ether oxygens (including phenoxy) is 2. The largest absolute Gasteiger partial charge is 0.494 e. The summed E-state index contributed by atoms with van der Waals surface area (Å²) in [4.78, 5) is 22.4. The zero-order valence-electron chi connectivity index (χ0n) is 22.7. The molecule has 1 aromatic heterocycles. The van der Waals surface area contributed by atoms with Crippen LogP contribution in [-0.4, -0.2) is 39.9 Å². The molecule has 0 saturated heterocycles. The summed E-state index contributed by atoms with van der Waals surface area (Å²) in [7, 11) is 0. The van der Waals surface area contributed by atoms with E-state index in [-0.39, 0.29) is 25.3 Å². The fraction of sp³-hybridized carbons (Fsp3) is 0.250. The van der Waals surface area contributed by atoms with Gasteiger partial charge in [0, 0.05) is 18.0 Å². The monoisotopic (exact) mass is 581 g/mol. The highest BCUT2D eigenvalue weighted by atomic mass is 19.2. The van der Waals surface area contributed by atoms with Crippen LogP contribution in [-0.2, 0) is 22.6 Å². The first-order chi connectivity index (χ1) is 20.2. The second kappa shape index (κ2) is 14.2. The number of hydrogen-bond acceptors (Lipinski definition) is 4. The lowest BCUT2D eigenvalue weighted by Crippen LogP contribution is -2.07. The van der Waals surface area contributed by atoms with Crippen molar-refractivity contribution in [2.45, 2.75) is 38.6 Å². The van der Waals surface area contributed by atoms with Gasteiger partial charge in [-0.15, -0.1) is 0 Å². The highest BCUT2D eigenvalue weighted by Crippen LogP contribution is 2.28. The van der Waals surface area contributed by atoms with Gasteiger partial charge in [0.15, 0.2) is 17.4 Å². The molecular weight excluding hydrogens is 551 g/mol. The van der Waals surface area contributed by atoms with E-state index in [9.17, 15) is 27.9 Å². The molecule has 0 aliphatic heterocycles. The molecule has 10 heteroatoms. The SMILES string of the molecule is O=C(O)CCCc1cn(CC(=O)O)c2c(/C=C/c3ccc(OCCCCOc4ccc(F)c(F)c4F)cc3)cccc12. The van der Waals surface area contributed by atoms with Gasteiger partial charge in [0.1, 0.15) is 12.3 Å². The summed E-state index contributed by atoms with van der Waals surface area (Å²) in [6, 6.07) is 15.0. The fourth-order valence-corrected chi connectivity index (χ4v) is 4.55. The van der Waals surface area contributed by atoms with Crippen LogP contribution in [0.15, 0.2) is 60.8 Å². The van der Waals surface area contributed by atoms with Gasteiger partial charge < -0.3 is 24.3 Å². The molecule has 0 unspecified atom stereocenters. The van der Waals surface area contributed by atoms with E-state index in [1.807, 2.05) is 54.6 Å². The molecule has 220 valence electrons. The van der Waals surface area contributed by atoms with Crippen molar-refractivity contribution >= 4 is 35.0 Å². The van der Waals surface area contributed by atoms with Crippen molar-refractivity contribution < 1.29 is 42.4 Å². The zero-order chi connectivity index (χ0) is 30.1. The Morgan fingerprint density at radius 3 is 2.26 bits per heavy atom. The van der Waals surface area contributed by atoms with Crippen LogP contribution >= 0.6 is 0 Å². The van der Waals surface area contributed by atoms with E-state index in [2.05, 4.69) is 0 Å². The Kier molecular flexibility index (Phi) is 10.3. The first-order valence-electron chi connectivity index (χ1n) is 13.4. The Morgan fingerprint density at radius 2 is 1.55 bits per heavy atom. The molecule has 0 spiro atoms. The minimum atomic E-state index is -1.56. The van der Waals surface area contributed by atoms with Crippen LogP contribution < -0.4 is 9.47 Å². The van der Waals surface area contributed by atoms with E-state index in [0.717, 1.165) is 39.7 Å². The Morgan fingerprint density at radius 1 is 0.810 bits per heavy atom. The Bertz CT molecular complexity index is 1580. The first kappa shape index (κ1) is 30.2. The van der Waals surface area contributed by atoms with Crippen molar-refractivity contribution in [2.24, 2.45) is 0 Å². The van der Waals surface area contributed by atoms with Crippen LogP contribution in [0.4, 0.5) is 13.2 Å². The maximum atomic E-state index is 13.6. The predicted octanol–water partition coefficient (Wildman–Crippen LogP) is 6.96. The van der Waals surface area contributed by atoms with Crippen molar-refractivity contribution in [3.05, 3.63) is 94.9 Å². The molecule has 0 amide bonds. The van der Waals surface area contributed by atoms with Crippen molar-refractivity contribution in [3.8, 4) is 11.5 Å². The Balaban J connectivity index is 1.33. The minimum Gasteiger partial charge on any atom is -0.494 e. The summed E-state index contributed by atoms with van der Waals surface area (Å²) in [5.74, 6) is -5.68. The van der Waals surface area contributed by atoms with Crippen LogP contribution in [0.25, 0.3) is 23.1 Å². The third-order valence-electron chi connectivity index (χ3n) is 6.55. The topological polar surface area (TPSA) is 98.0 Å². The highest BCUT2D eigenvalue weighted by molar-refractivity contribution is 5.94. The quantitative estimate of drug-likeness (QED) is 0.0895. The summed E-state index contributed by atoms with van der Waals surface area (Å²) >= 11 is 0. The second-order valence-electron chi connectivity index (χ2n) is 9.65. The van der Waals surface area contributed by atoms with Crippen molar-refractivity contribution in [1.82, 2.24) is 4.57 Å². The number of aromatic nitrogens is 1. The van der Waals surface area contributed by atoms with Crippen molar-refractivity contribution in [2.75, 3.05) is 13.2 Å². The standard InChI is InChI=1S/C32H30F3NO6/c33-26-15-16-27(31(35)30(26)34)42-18-2-1-17-41-24-13-10-21(11-14-24)9-12-22-5-3-7-25-23(6-4-8-28(37)38)19-36(32(22)25)20-29(39)40/h3,5,7,9-16,19H,1-2,4,6,8,17-18,20H2,(H,37,38)(H,39,40)/b12-9+. The number of benzene rings is 3. The molecule has 3 aromatic carbocycles. The number of hydrogen-bond donors (Lipinski definition) is 2.